The number of rotatable bonds is 2. The maximum absolute atomic E-state index is 13.4. The lowest BCUT2D eigenvalue weighted by molar-refractivity contribution is -0.137. The fourth-order valence-corrected chi connectivity index (χ4v) is 3.27. The number of alkyl halides is 3. The summed E-state index contributed by atoms with van der Waals surface area (Å²) in [5, 5.41) is 7.73. The van der Waals surface area contributed by atoms with Gasteiger partial charge in [0.05, 0.1) is 16.9 Å². The average molecular weight is 343 g/mol. The van der Waals surface area contributed by atoms with E-state index in [1.165, 1.54) is 16.8 Å². The zero-order valence-electron chi connectivity index (χ0n) is 13.6. The van der Waals surface area contributed by atoms with Crippen LogP contribution in [0.15, 0.2) is 48.5 Å². The highest BCUT2D eigenvalue weighted by Crippen LogP contribution is 2.39. The monoisotopic (exact) mass is 343 g/mol. The molecule has 2 aromatic carbocycles. The van der Waals surface area contributed by atoms with Crippen molar-refractivity contribution in [3.05, 3.63) is 65.2 Å². The van der Waals surface area contributed by atoms with E-state index in [4.69, 9.17) is 0 Å². The van der Waals surface area contributed by atoms with E-state index in [0.717, 1.165) is 34.9 Å². The zero-order chi connectivity index (χ0) is 17.6. The first-order valence-electron chi connectivity index (χ1n) is 8.04. The number of aromatic nitrogens is 2. The molecule has 0 amide bonds. The third kappa shape index (κ3) is 2.67. The Bertz CT molecular complexity index is 941. The predicted octanol–water partition coefficient (Wildman–Crippen LogP) is 4.83. The normalized spacial score (nSPS) is 13.6. The number of fused-ring (bicyclic) bond motifs is 1. The molecule has 1 aliphatic heterocycles. The van der Waals surface area contributed by atoms with E-state index < -0.39 is 11.7 Å². The lowest BCUT2D eigenvalue weighted by Gasteiger charge is -2.14. The Balaban J connectivity index is 1.93. The topological polar surface area (TPSA) is 29.9 Å². The summed E-state index contributed by atoms with van der Waals surface area (Å²) < 4.78 is 41.6. The number of anilines is 1. The van der Waals surface area contributed by atoms with Gasteiger partial charge in [-0.2, -0.15) is 18.3 Å². The third-order valence-corrected chi connectivity index (χ3v) is 4.38. The lowest BCUT2D eigenvalue weighted by atomic mass is 10.0. The largest absolute Gasteiger partial charge is 0.418 e. The Labute approximate surface area is 143 Å². The van der Waals surface area contributed by atoms with Gasteiger partial charge >= 0.3 is 6.18 Å². The molecule has 3 nitrogen and oxygen atoms in total. The molecule has 0 aliphatic carbocycles. The number of hydrogen-bond acceptors (Lipinski definition) is 2. The summed E-state index contributed by atoms with van der Waals surface area (Å²) in [4.78, 5) is 0. The molecule has 0 radical (unpaired) electrons. The van der Waals surface area contributed by atoms with E-state index in [9.17, 15) is 13.2 Å². The second-order valence-electron chi connectivity index (χ2n) is 6.15. The maximum atomic E-state index is 13.4. The SMILES string of the molecule is Cc1cccc(-c2nn(-c3ccccc3C(F)(F)F)c3c2CCN3)c1. The number of nitrogens with one attached hydrogen (secondary N) is 1. The molecular formula is C19H16F3N3. The Morgan fingerprint density at radius 1 is 1.08 bits per heavy atom. The van der Waals surface area contributed by atoms with Gasteiger partial charge in [0.15, 0.2) is 0 Å². The number of hydrogen-bond donors (Lipinski definition) is 1. The van der Waals surface area contributed by atoms with Crippen molar-refractivity contribution in [3.63, 3.8) is 0 Å². The quantitative estimate of drug-likeness (QED) is 0.722. The fraction of sp³-hybridized carbons (Fsp3) is 0.211. The highest BCUT2D eigenvalue weighted by molar-refractivity contribution is 5.73. The maximum Gasteiger partial charge on any atom is 0.418 e. The molecule has 1 N–H and O–H groups in total. The molecule has 0 atom stereocenters. The van der Waals surface area contributed by atoms with Crippen molar-refractivity contribution in [2.75, 3.05) is 11.9 Å². The van der Waals surface area contributed by atoms with Crippen molar-refractivity contribution in [3.8, 4) is 16.9 Å². The second kappa shape index (κ2) is 5.65. The highest BCUT2D eigenvalue weighted by Gasteiger charge is 2.35. The molecule has 0 saturated carbocycles. The van der Waals surface area contributed by atoms with E-state index in [0.29, 0.717) is 12.4 Å². The molecule has 0 spiro atoms. The van der Waals surface area contributed by atoms with Crippen molar-refractivity contribution >= 4 is 5.82 Å². The van der Waals surface area contributed by atoms with Crippen molar-refractivity contribution in [2.45, 2.75) is 19.5 Å². The lowest BCUT2D eigenvalue weighted by Crippen LogP contribution is -2.13. The number of benzene rings is 2. The van der Waals surface area contributed by atoms with Crippen LogP contribution in [0.25, 0.3) is 16.9 Å². The highest BCUT2D eigenvalue weighted by atomic mass is 19.4. The fourth-order valence-electron chi connectivity index (χ4n) is 3.27. The van der Waals surface area contributed by atoms with Crippen molar-refractivity contribution in [1.82, 2.24) is 9.78 Å². The first kappa shape index (κ1) is 15.7. The minimum atomic E-state index is -4.43. The molecule has 0 unspecified atom stereocenters. The summed E-state index contributed by atoms with van der Waals surface area (Å²) in [6.45, 7) is 2.68. The molecule has 6 heteroatoms. The summed E-state index contributed by atoms with van der Waals surface area (Å²) in [7, 11) is 0. The summed E-state index contributed by atoms with van der Waals surface area (Å²) in [5.74, 6) is 0.646. The van der Waals surface area contributed by atoms with Crippen molar-refractivity contribution < 1.29 is 13.2 Å². The number of para-hydroxylation sites is 1. The molecule has 128 valence electrons. The van der Waals surface area contributed by atoms with E-state index in [2.05, 4.69) is 10.4 Å². The van der Waals surface area contributed by atoms with Gasteiger partial charge in [-0.1, -0.05) is 35.9 Å². The zero-order valence-corrected chi connectivity index (χ0v) is 13.6. The Morgan fingerprint density at radius 3 is 2.64 bits per heavy atom. The molecule has 25 heavy (non-hydrogen) atoms. The van der Waals surface area contributed by atoms with Crippen LogP contribution in [0.4, 0.5) is 19.0 Å². The number of aryl methyl sites for hydroxylation is 1. The van der Waals surface area contributed by atoms with Crippen LogP contribution < -0.4 is 5.32 Å². The summed E-state index contributed by atoms with van der Waals surface area (Å²) in [6.07, 6.45) is -3.69. The standard InChI is InChI=1S/C19H16F3N3/c1-12-5-4-6-13(11-12)17-14-9-10-23-18(14)25(24-17)16-8-3-2-7-15(16)19(20,21)22/h2-8,11,23H,9-10H2,1H3. The van der Waals surface area contributed by atoms with Gasteiger partial charge in [0.25, 0.3) is 0 Å². The van der Waals surface area contributed by atoms with Crippen LogP contribution in [0.3, 0.4) is 0 Å². The van der Waals surface area contributed by atoms with Crippen molar-refractivity contribution in [1.29, 1.82) is 0 Å². The molecule has 0 bridgehead atoms. The van der Waals surface area contributed by atoms with E-state index in [1.54, 1.807) is 6.07 Å². The van der Waals surface area contributed by atoms with Crippen LogP contribution >= 0.6 is 0 Å². The smallest absolute Gasteiger partial charge is 0.369 e. The molecule has 0 saturated heterocycles. The summed E-state index contributed by atoms with van der Waals surface area (Å²) in [6, 6.07) is 13.4. The van der Waals surface area contributed by atoms with Crippen LogP contribution in [0.5, 0.6) is 0 Å². The molecule has 1 aromatic heterocycles. The first-order valence-corrected chi connectivity index (χ1v) is 8.04. The van der Waals surface area contributed by atoms with E-state index >= 15 is 0 Å². The Morgan fingerprint density at radius 2 is 1.88 bits per heavy atom. The second-order valence-corrected chi connectivity index (χ2v) is 6.15. The Kier molecular flexibility index (Phi) is 3.56. The van der Waals surface area contributed by atoms with Crippen LogP contribution in [-0.4, -0.2) is 16.3 Å². The van der Waals surface area contributed by atoms with Gasteiger partial charge in [0.1, 0.15) is 5.82 Å². The number of halogens is 3. The average Bonchev–Trinajstić information content (AvgIpc) is 3.16. The van der Waals surface area contributed by atoms with Gasteiger partial charge < -0.3 is 5.32 Å². The molecule has 3 aromatic rings. The van der Waals surface area contributed by atoms with Crippen LogP contribution in [0, 0.1) is 6.92 Å². The van der Waals surface area contributed by atoms with Gasteiger partial charge in [-0.3, -0.25) is 0 Å². The van der Waals surface area contributed by atoms with Crippen LogP contribution in [0.2, 0.25) is 0 Å². The molecular weight excluding hydrogens is 327 g/mol. The van der Waals surface area contributed by atoms with E-state index in [-0.39, 0.29) is 5.69 Å². The minimum Gasteiger partial charge on any atom is -0.369 e. The molecule has 2 heterocycles. The van der Waals surface area contributed by atoms with Crippen LogP contribution in [0.1, 0.15) is 16.7 Å². The van der Waals surface area contributed by atoms with Crippen molar-refractivity contribution in [2.24, 2.45) is 0 Å². The van der Waals surface area contributed by atoms with Crippen LogP contribution in [-0.2, 0) is 12.6 Å². The molecule has 0 fully saturated rings. The minimum absolute atomic E-state index is 0.0413. The van der Waals surface area contributed by atoms with Gasteiger partial charge in [-0.25, -0.2) is 4.68 Å². The summed E-state index contributed by atoms with van der Waals surface area (Å²) >= 11 is 0. The Hall–Kier alpha value is -2.76. The van der Waals surface area contributed by atoms with Gasteiger partial charge in [-0.05, 0) is 31.5 Å². The molecule has 1 aliphatic rings. The summed E-state index contributed by atoms with van der Waals surface area (Å²) in [5.41, 5.74) is 3.05. The van der Waals surface area contributed by atoms with Gasteiger partial charge in [-0.15, -0.1) is 0 Å². The number of nitrogens with zero attached hydrogens (tertiary/aromatic N) is 2. The molecule has 4 rings (SSSR count). The first-order chi connectivity index (χ1) is 11.9. The van der Waals surface area contributed by atoms with Gasteiger partial charge in [0, 0.05) is 17.7 Å². The van der Waals surface area contributed by atoms with E-state index in [1.807, 2.05) is 31.2 Å². The third-order valence-electron chi connectivity index (χ3n) is 4.38. The van der Waals surface area contributed by atoms with Gasteiger partial charge in [0.2, 0.25) is 0 Å². The predicted molar refractivity (Wildman–Crippen MR) is 90.9 cm³/mol.